The Balaban J connectivity index is 1.87. The number of aromatic nitrogens is 1. The van der Waals surface area contributed by atoms with Gasteiger partial charge < -0.3 is 0 Å². The summed E-state index contributed by atoms with van der Waals surface area (Å²) in [6, 6.07) is 9.37. The van der Waals surface area contributed by atoms with Crippen molar-refractivity contribution in [2.75, 3.05) is 0 Å². The molecule has 1 aromatic carbocycles. The maximum absolute atomic E-state index is 11.6. The fourth-order valence-corrected chi connectivity index (χ4v) is 1.56. The molecule has 1 N–H and O–H groups in total. The molecule has 0 unspecified atom stereocenters. The topological polar surface area (TPSA) is 97.5 Å². The third kappa shape index (κ3) is 4.34. The maximum atomic E-state index is 11.6. The van der Waals surface area contributed by atoms with Crippen molar-refractivity contribution in [3.05, 3.63) is 76.1 Å². The Hall–Kier alpha value is -3.35. The molecule has 2 rings (SSSR count). The SMILES string of the molecule is O=C(NN=C/C=C\c1ccc([N+](=O)[O-])cc1)c1cccnc1. The molecule has 0 fully saturated rings. The number of pyridine rings is 1. The summed E-state index contributed by atoms with van der Waals surface area (Å²) in [5, 5.41) is 14.3. The van der Waals surface area contributed by atoms with E-state index in [1.54, 1.807) is 42.6 Å². The van der Waals surface area contributed by atoms with Crippen molar-refractivity contribution in [2.24, 2.45) is 5.10 Å². The van der Waals surface area contributed by atoms with Crippen LogP contribution in [-0.4, -0.2) is 22.0 Å². The molecule has 0 radical (unpaired) electrons. The number of carbonyl (C=O) groups is 1. The van der Waals surface area contributed by atoms with Crippen LogP contribution in [0.2, 0.25) is 0 Å². The van der Waals surface area contributed by atoms with E-state index in [0.29, 0.717) is 5.56 Å². The molecule has 0 saturated carbocycles. The molecule has 0 atom stereocenters. The first-order chi connectivity index (χ1) is 10.7. The maximum Gasteiger partial charge on any atom is 0.272 e. The van der Waals surface area contributed by atoms with Crippen molar-refractivity contribution in [2.45, 2.75) is 0 Å². The number of benzene rings is 1. The van der Waals surface area contributed by atoms with Crippen LogP contribution in [0.15, 0.2) is 60.0 Å². The molecule has 22 heavy (non-hydrogen) atoms. The highest BCUT2D eigenvalue weighted by atomic mass is 16.6. The van der Waals surface area contributed by atoms with Crippen molar-refractivity contribution < 1.29 is 9.72 Å². The molecule has 2 aromatic rings. The number of non-ortho nitro benzene ring substituents is 1. The Kier molecular flexibility index (Phi) is 5.09. The molecule has 0 aliphatic rings. The van der Waals surface area contributed by atoms with Crippen LogP contribution in [0.1, 0.15) is 15.9 Å². The standard InChI is InChI=1S/C15H12N4O3/c20-15(13-4-2-9-16-11-13)18-17-10-1-3-12-5-7-14(8-6-12)19(21)22/h1-11H,(H,18,20)/b3-1-,17-10?. The minimum atomic E-state index is -0.455. The summed E-state index contributed by atoms with van der Waals surface area (Å²) in [7, 11) is 0. The second kappa shape index (κ2) is 7.44. The molecule has 110 valence electrons. The number of hydrazone groups is 1. The average molecular weight is 296 g/mol. The van der Waals surface area contributed by atoms with Crippen LogP contribution in [0.4, 0.5) is 5.69 Å². The number of nitro benzene ring substituents is 1. The van der Waals surface area contributed by atoms with Gasteiger partial charge >= 0.3 is 0 Å². The number of nitrogens with one attached hydrogen (secondary N) is 1. The third-order valence-electron chi connectivity index (χ3n) is 2.64. The van der Waals surface area contributed by atoms with E-state index < -0.39 is 4.92 Å². The summed E-state index contributed by atoms with van der Waals surface area (Å²) >= 11 is 0. The van der Waals surface area contributed by atoms with E-state index >= 15 is 0 Å². The summed E-state index contributed by atoms with van der Waals surface area (Å²) in [4.78, 5) is 25.5. The van der Waals surface area contributed by atoms with Gasteiger partial charge in [-0.15, -0.1) is 0 Å². The Morgan fingerprint density at radius 1 is 1.27 bits per heavy atom. The predicted molar refractivity (Wildman–Crippen MR) is 82.3 cm³/mol. The van der Waals surface area contributed by atoms with E-state index in [0.717, 1.165) is 5.56 Å². The van der Waals surface area contributed by atoms with Crippen LogP contribution in [0.5, 0.6) is 0 Å². The van der Waals surface area contributed by atoms with Crippen molar-refractivity contribution in [1.29, 1.82) is 0 Å². The highest BCUT2D eigenvalue weighted by Gasteiger charge is 2.02. The molecule has 7 heteroatoms. The van der Waals surface area contributed by atoms with Crippen molar-refractivity contribution in [3.8, 4) is 0 Å². The number of amides is 1. The van der Waals surface area contributed by atoms with Gasteiger partial charge in [-0.2, -0.15) is 5.10 Å². The average Bonchev–Trinajstić information content (AvgIpc) is 2.55. The smallest absolute Gasteiger partial charge is 0.267 e. The quantitative estimate of drug-likeness (QED) is 0.520. The summed E-state index contributed by atoms with van der Waals surface area (Å²) in [6.45, 7) is 0. The number of carbonyl (C=O) groups excluding carboxylic acids is 1. The van der Waals surface area contributed by atoms with Gasteiger partial charge in [0.15, 0.2) is 0 Å². The zero-order valence-electron chi connectivity index (χ0n) is 11.4. The lowest BCUT2D eigenvalue weighted by atomic mass is 10.2. The molecule has 0 aliphatic carbocycles. The van der Waals surface area contributed by atoms with Gasteiger partial charge in [0.05, 0.1) is 10.5 Å². The molecular weight excluding hydrogens is 284 g/mol. The zero-order chi connectivity index (χ0) is 15.8. The minimum absolute atomic E-state index is 0.0366. The molecule has 7 nitrogen and oxygen atoms in total. The van der Waals surface area contributed by atoms with Gasteiger partial charge in [0, 0.05) is 30.7 Å². The van der Waals surface area contributed by atoms with Crippen LogP contribution in [0, 0.1) is 10.1 Å². The van der Waals surface area contributed by atoms with Crippen LogP contribution < -0.4 is 5.43 Å². The van der Waals surface area contributed by atoms with Crippen molar-refractivity contribution >= 4 is 23.9 Å². The first-order valence-corrected chi connectivity index (χ1v) is 6.31. The molecule has 1 aromatic heterocycles. The number of hydrogen-bond acceptors (Lipinski definition) is 5. The molecule has 0 bridgehead atoms. The molecule has 0 aliphatic heterocycles. The van der Waals surface area contributed by atoms with Crippen LogP contribution in [0.3, 0.4) is 0 Å². The first-order valence-electron chi connectivity index (χ1n) is 6.31. The van der Waals surface area contributed by atoms with Gasteiger partial charge in [-0.3, -0.25) is 19.9 Å². The predicted octanol–water partition coefficient (Wildman–Crippen LogP) is 2.42. The van der Waals surface area contributed by atoms with Gasteiger partial charge in [0.25, 0.3) is 11.6 Å². The van der Waals surface area contributed by atoms with Gasteiger partial charge in [0.2, 0.25) is 0 Å². The van der Waals surface area contributed by atoms with E-state index in [1.807, 2.05) is 0 Å². The minimum Gasteiger partial charge on any atom is -0.267 e. The number of nitro groups is 1. The van der Waals surface area contributed by atoms with E-state index in [9.17, 15) is 14.9 Å². The van der Waals surface area contributed by atoms with Crippen molar-refractivity contribution in [3.63, 3.8) is 0 Å². The molecule has 0 saturated heterocycles. The summed E-state index contributed by atoms with van der Waals surface area (Å²) < 4.78 is 0. The van der Waals surface area contributed by atoms with E-state index in [-0.39, 0.29) is 11.6 Å². The van der Waals surface area contributed by atoms with Gasteiger partial charge in [-0.25, -0.2) is 5.43 Å². The van der Waals surface area contributed by atoms with Gasteiger partial charge in [-0.05, 0) is 35.9 Å². The summed E-state index contributed by atoms with van der Waals surface area (Å²) in [5.74, 6) is -0.354. The Morgan fingerprint density at radius 2 is 2.05 bits per heavy atom. The number of hydrogen-bond donors (Lipinski definition) is 1. The summed E-state index contributed by atoms with van der Waals surface area (Å²) in [6.07, 6.45) is 7.76. The number of allylic oxidation sites excluding steroid dienone is 1. The number of nitrogens with zero attached hydrogens (tertiary/aromatic N) is 3. The normalized spacial score (nSPS) is 10.9. The molecule has 0 spiro atoms. The third-order valence-corrected chi connectivity index (χ3v) is 2.64. The fourth-order valence-electron chi connectivity index (χ4n) is 1.56. The largest absolute Gasteiger partial charge is 0.272 e. The summed E-state index contributed by atoms with van der Waals surface area (Å²) in [5.41, 5.74) is 3.60. The van der Waals surface area contributed by atoms with E-state index in [1.165, 1.54) is 24.5 Å². The van der Waals surface area contributed by atoms with E-state index in [4.69, 9.17) is 0 Å². The fraction of sp³-hybridized carbons (Fsp3) is 0. The molecule has 1 heterocycles. The lowest BCUT2D eigenvalue weighted by molar-refractivity contribution is -0.384. The lowest BCUT2D eigenvalue weighted by Crippen LogP contribution is -2.17. The number of rotatable bonds is 5. The highest BCUT2D eigenvalue weighted by Crippen LogP contribution is 2.12. The van der Waals surface area contributed by atoms with Crippen LogP contribution in [0.25, 0.3) is 6.08 Å². The Labute approximate surface area is 126 Å². The van der Waals surface area contributed by atoms with Crippen LogP contribution in [-0.2, 0) is 0 Å². The van der Waals surface area contributed by atoms with Crippen molar-refractivity contribution in [1.82, 2.24) is 10.4 Å². The van der Waals surface area contributed by atoms with Gasteiger partial charge in [0.1, 0.15) is 0 Å². The first kappa shape index (κ1) is 15.0. The van der Waals surface area contributed by atoms with Crippen LogP contribution >= 0.6 is 0 Å². The second-order valence-electron chi connectivity index (χ2n) is 4.17. The lowest BCUT2D eigenvalue weighted by Gasteiger charge is -1.97. The Morgan fingerprint density at radius 3 is 2.68 bits per heavy atom. The molecular formula is C15H12N4O3. The zero-order valence-corrected chi connectivity index (χ0v) is 11.4. The highest BCUT2D eigenvalue weighted by molar-refractivity contribution is 5.94. The van der Waals surface area contributed by atoms with E-state index in [2.05, 4.69) is 15.5 Å². The van der Waals surface area contributed by atoms with Gasteiger partial charge in [-0.1, -0.05) is 6.08 Å². The monoisotopic (exact) mass is 296 g/mol. The molecule has 1 amide bonds. The Bertz CT molecular complexity index is 709. The second-order valence-corrected chi connectivity index (χ2v) is 4.17.